The molecule has 0 aliphatic carbocycles. The number of aryl methyl sites for hydroxylation is 1. The Bertz CT molecular complexity index is 375. The van der Waals surface area contributed by atoms with Crippen LogP contribution in [-0.4, -0.2) is 45.1 Å². The summed E-state index contributed by atoms with van der Waals surface area (Å²) in [6, 6.07) is 1.50. The number of nitrogens with zero attached hydrogens (tertiary/aromatic N) is 4. The first-order chi connectivity index (χ1) is 8.31. The molecule has 2 saturated heterocycles. The Morgan fingerprint density at radius 2 is 2.35 bits per heavy atom. The highest BCUT2D eigenvalue weighted by Gasteiger charge is 2.31. The predicted octanol–water partition coefficient (Wildman–Crippen LogP) is 0.531. The fourth-order valence-corrected chi connectivity index (χ4v) is 3.13. The summed E-state index contributed by atoms with van der Waals surface area (Å²) >= 11 is 0. The van der Waals surface area contributed by atoms with Gasteiger partial charge in [-0.2, -0.15) is 0 Å². The van der Waals surface area contributed by atoms with Crippen LogP contribution in [0.25, 0.3) is 0 Å². The predicted molar refractivity (Wildman–Crippen MR) is 65.5 cm³/mol. The highest BCUT2D eigenvalue weighted by molar-refractivity contribution is 4.94. The van der Waals surface area contributed by atoms with Gasteiger partial charge in [0.15, 0.2) is 0 Å². The zero-order chi connectivity index (χ0) is 11.7. The van der Waals surface area contributed by atoms with E-state index < -0.39 is 0 Å². The summed E-state index contributed by atoms with van der Waals surface area (Å²) in [7, 11) is 1.91. The Balaban J connectivity index is 1.49. The Morgan fingerprint density at radius 3 is 3.18 bits per heavy atom. The number of nitrogens with one attached hydrogen (secondary N) is 1. The van der Waals surface area contributed by atoms with Crippen LogP contribution < -0.4 is 5.32 Å². The Labute approximate surface area is 102 Å². The maximum Gasteiger partial charge on any atom is 0.0964 e. The number of fused-ring (bicyclic) bond motifs is 1. The van der Waals surface area contributed by atoms with Gasteiger partial charge >= 0.3 is 0 Å². The first kappa shape index (κ1) is 11.2. The molecule has 94 valence electrons. The molecule has 0 bridgehead atoms. The van der Waals surface area contributed by atoms with Crippen LogP contribution in [0.1, 0.15) is 31.4 Å². The van der Waals surface area contributed by atoms with Crippen molar-refractivity contribution in [2.45, 2.75) is 44.3 Å². The average molecular weight is 235 g/mol. The molecular weight excluding hydrogens is 214 g/mol. The van der Waals surface area contributed by atoms with Gasteiger partial charge in [0, 0.05) is 31.9 Å². The molecule has 0 aromatic carbocycles. The molecule has 17 heavy (non-hydrogen) atoms. The Morgan fingerprint density at radius 1 is 1.41 bits per heavy atom. The van der Waals surface area contributed by atoms with Crippen LogP contribution >= 0.6 is 0 Å². The summed E-state index contributed by atoms with van der Waals surface area (Å²) < 4.78 is 1.76. The molecule has 2 aliphatic rings. The minimum atomic E-state index is 0.663. The molecule has 0 radical (unpaired) electrons. The van der Waals surface area contributed by atoms with Crippen molar-refractivity contribution in [2.24, 2.45) is 7.05 Å². The molecule has 2 fully saturated rings. The van der Waals surface area contributed by atoms with Crippen LogP contribution in [0.5, 0.6) is 0 Å². The topological polar surface area (TPSA) is 46.0 Å². The summed E-state index contributed by atoms with van der Waals surface area (Å²) in [4.78, 5) is 2.65. The lowest BCUT2D eigenvalue weighted by Crippen LogP contribution is -2.45. The van der Waals surface area contributed by atoms with E-state index in [-0.39, 0.29) is 0 Å². The van der Waals surface area contributed by atoms with Crippen molar-refractivity contribution >= 4 is 0 Å². The monoisotopic (exact) mass is 235 g/mol. The minimum absolute atomic E-state index is 0.663. The SMILES string of the molecule is Cn1cc(CNC2CCN3CCCC3C2)nn1. The lowest BCUT2D eigenvalue weighted by Gasteiger charge is -2.35. The fraction of sp³-hybridized carbons (Fsp3) is 0.833. The van der Waals surface area contributed by atoms with Gasteiger partial charge in [-0.05, 0) is 38.8 Å². The molecule has 3 heterocycles. The molecule has 2 atom stereocenters. The van der Waals surface area contributed by atoms with E-state index in [1.165, 1.54) is 38.8 Å². The minimum Gasteiger partial charge on any atom is -0.308 e. The number of hydrogen-bond donors (Lipinski definition) is 1. The first-order valence-electron chi connectivity index (χ1n) is 6.64. The number of aromatic nitrogens is 3. The average Bonchev–Trinajstić information content (AvgIpc) is 2.94. The molecular formula is C12H21N5. The molecule has 1 aromatic heterocycles. The van der Waals surface area contributed by atoms with Gasteiger partial charge in [-0.3, -0.25) is 4.68 Å². The second-order valence-corrected chi connectivity index (χ2v) is 5.32. The molecule has 1 aromatic rings. The van der Waals surface area contributed by atoms with Crippen molar-refractivity contribution < 1.29 is 0 Å². The van der Waals surface area contributed by atoms with Gasteiger partial charge in [0.1, 0.15) is 0 Å². The number of rotatable bonds is 3. The fourth-order valence-electron chi connectivity index (χ4n) is 3.13. The van der Waals surface area contributed by atoms with E-state index in [1.54, 1.807) is 4.68 Å². The molecule has 0 amide bonds. The normalized spacial score (nSPS) is 29.5. The highest BCUT2D eigenvalue weighted by Crippen LogP contribution is 2.26. The molecule has 0 spiro atoms. The van der Waals surface area contributed by atoms with Gasteiger partial charge in [-0.15, -0.1) is 5.10 Å². The standard InChI is InChI=1S/C12H21N5/c1-16-9-11(14-15-16)8-13-10-4-6-17-5-2-3-12(17)7-10/h9-10,12-13H,2-8H2,1H3. The van der Waals surface area contributed by atoms with Gasteiger partial charge in [0.25, 0.3) is 0 Å². The maximum atomic E-state index is 4.11. The third-order valence-corrected chi connectivity index (χ3v) is 4.04. The Kier molecular flexibility index (Phi) is 3.11. The molecule has 3 rings (SSSR count). The molecule has 2 unspecified atom stereocenters. The van der Waals surface area contributed by atoms with Crippen molar-refractivity contribution in [2.75, 3.05) is 13.1 Å². The van der Waals surface area contributed by atoms with Gasteiger partial charge in [-0.1, -0.05) is 5.21 Å². The lowest BCUT2D eigenvalue weighted by molar-refractivity contribution is 0.166. The van der Waals surface area contributed by atoms with E-state index >= 15 is 0 Å². The summed E-state index contributed by atoms with van der Waals surface area (Å²) in [6.45, 7) is 3.44. The van der Waals surface area contributed by atoms with Crippen molar-refractivity contribution in [3.8, 4) is 0 Å². The lowest BCUT2D eigenvalue weighted by atomic mass is 9.97. The van der Waals surface area contributed by atoms with Crippen molar-refractivity contribution in [1.29, 1.82) is 0 Å². The maximum absolute atomic E-state index is 4.11. The third-order valence-electron chi connectivity index (χ3n) is 4.04. The highest BCUT2D eigenvalue weighted by atomic mass is 15.4. The summed E-state index contributed by atoms with van der Waals surface area (Å²) in [5, 5.41) is 11.7. The third kappa shape index (κ3) is 2.50. The molecule has 2 aliphatic heterocycles. The molecule has 5 nitrogen and oxygen atoms in total. The van der Waals surface area contributed by atoms with Crippen LogP contribution in [-0.2, 0) is 13.6 Å². The van der Waals surface area contributed by atoms with E-state index in [4.69, 9.17) is 0 Å². The second kappa shape index (κ2) is 4.74. The molecule has 5 heteroatoms. The van der Waals surface area contributed by atoms with E-state index in [9.17, 15) is 0 Å². The van der Waals surface area contributed by atoms with Crippen molar-refractivity contribution in [3.05, 3.63) is 11.9 Å². The summed E-state index contributed by atoms with van der Waals surface area (Å²) in [5.41, 5.74) is 1.04. The van der Waals surface area contributed by atoms with Gasteiger partial charge in [0.2, 0.25) is 0 Å². The van der Waals surface area contributed by atoms with E-state index in [2.05, 4.69) is 20.5 Å². The van der Waals surface area contributed by atoms with Crippen LogP contribution in [0.15, 0.2) is 6.20 Å². The van der Waals surface area contributed by atoms with E-state index in [0.717, 1.165) is 18.3 Å². The van der Waals surface area contributed by atoms with Crippen molar-refractivity contribution in [3.63, 3.8) is 0 Å². The largest absolute Gasteiger partial charge is 0.308 e. The quantitative estimate of drug-likeness (QED) is 0.830. The van der Waals surface area contributed by atoms with Gasteiger partial charge in [0.05, 0.1) is 5.69 Å². The number of piperidine rings is 1. The van der Waals surface area contributed by atoms with Crippen LogP contribution in [0.4, 0.5) is 0 Å². The van der Waals surface area contributed by atoms with Crippen LogP contribution in [0.2, 0.25) is 0 Å². The number of hydrogen-bond acceptors (Lipinski definition) is 4. The zero-order valence-electron chi connectivity index (χ0n) is 10.5. The van der Waals surface area contributed by atoms with E-state index in [1.807, 2.05) is 13.2 Å². The first-order valence-corrected chi connectivity index (χ1v) is 6.64. The molecule has 1 N–H and O–H groups in total. The Hall–Kier alpha value is -0.940. The zero-order valence-corrected chi connectivity index (χ0v) is 10.5. The summed E-state index contributed by atoms with van der Waals surface area (Å²) in [5.74, 6) is 0. The second-order valence-electron chi connectivity index (χ2n) is 5.32. The van der Waals surface area contributed by atoms with Crippen LogP contribution in [0, 0.1) is 0 Å². The van der Waals surface area contributed by atoms with Crippen molar-refractivity contribution in [1.82, 2.24) is 25.2 Å². The van der Waals surface area contributed by atoms with Gasteiger partial charge < -0.3 is 10.2 Å². The van der Waals surface area contributed by atoms with E-state index in [0.29, 0.717) is 6.04 Å². The van der Waals surface area contributed by atoms with Crippen LogP contribution in [0.3, 0.4) is 0 Å². The smallest absolute Gasteiger partial charge is 0.0964 e. The summed E-state index contributed by atoms with van der Waals surface area (Å²) in [6.07, 6.45) is 7.35. The molecule has 0 saturated carbocycles. The van der Waals surface area contributed by atoms with Gasteiger partial charge in [-0.25, -0.2) is 0 Å².